The van der Waals surface area contributed by atoms with Crippen molar-refractivity contribution in [1.82, 2.24) is 4.90 Å². The Balaban J connectivity index is 2.92. The van der Waals surface area contributed by atoms with E-state index in [1.165, 1.54) is 4.90 Å². The monoisotopic (exact) mass is 288 g/mol. The van der Waals surface area contributed by atoms with E-state index in [0.29, 0.717) is 12.1 Å². The smallest absolute Gasteiger partial charge is 0.314 e. The molecule has 0 aliphatic rings. The predicted molar refractivity (Wildman–Crippen MR) is 78.5 cm³/mol. The molecule has 1 aromatic rings. The van der Waals surface area contributed by atoms with E-state index in [9.17, 15) is 14.7 Å². The lowest BCUT2D eigenvalue weighted by Crippen LogP contribution is -2.40. The number of benzene rings is 1. The molecule has 0 bridgehead atoms. The van der Waals surface area contributed by atoms with Gasteiger partial charge in [-0.1, -0.05) is 30.3 Å². The predicted octanol–water partition coefficient (Wildman–Crippen LogP) is 2.04. The van der Waals surface area contributed by atoms with E-state index in [2.05, 4.69) is 6.07 Å². The maximum Gasteiger partial charge on any atom is 0.314 e. The van der Waals surface area contributed by atoms with E-state index in [1.807, 2.05) is 0 Å². The van der Waals surface area contributed by atoms with E-state index in [-0.39, 0.29) is 18.2 Å². The summed E-state index contributed by atoms with van der Waals surface area (Å²) in [5.74, 6) is -1.61. The van der Waals surface area contributed by atoms with Gasteiger partial charge < -0.3 is 10.0 Å². The molecular formula is C16H20N2O3. The van der Waals surface area contributed by atoms with Crippen molar-refractivity contribution in [2.75, 3.05) is 13.6 Å². The summed E-state index contributed by atoms with van der Waals surface area (Å²) in [4.78, 5) is 25.3. The molecule has 0 saturated heterocycles. The van der Waals surface area contributed by atoms with E-state index in [0.717, 1.165) is 0 Å². The molecule has 0 aliphatic heterocycles. The zero-order chi connectivity index (χ0) is 16.0. The van der Waals surface area contributed by atoms with E-state index >= 15 is 0 Å². The number of carbonyl (C=O) groups excluding carboxylic acids is 1. The molecule has 1 rings (SSSR count). The fourth-order valence-corrected chi connectivity index (χ4v) is 2.10. The fraction of sp³-hybridized carbons (Fsp3) is 0.438. The van der Waals surface area contributed by atoms with Crippen molar-refractivity contribution in [3.8, 4) is 6.07 Å². The Bertz CT molecular complexity index is 550. The number of hydrogen-bond donors (Lipinski definition) is 1. The number of carbonyl (C=O) groups is 2. The van der Waals surface area contributed by atoms with Crippen LogP contribution in [0.25, 0.3) is 0 Å². The minimum absolute atomic E-state index is 0.138. The number of nitriles is 1. The Labute approximate surface area is 124 Å². The highest BCUT2D eigenvalue weighted by molar-refractivity contribution is 5.89. The number of nitrogens with zero attached hydrogens (tertiary/aromatic N) is 2. The zero-order valence-electron chi connectivity index (χ0n) is 12.5. The van der Waals surface area contributed by atoms with Crippen molar-refractivity contribution >= 4 is 11.9 Å². The average molecular weight is 288 g/mol. The normalized spacial score (nSPS) is 14.6. The van der Waals surface area contributed by atoms with Gasteiger partial charge in [0.05, 0.1) is 17.4 Å². The van der Waals surface area contributed by atoms with E-state index in [4.69, 9.17) is 5.26 Å². The van der Waals surface area contributed by atoms with Gasteiger partial charge >= 0.3 is 5.97 Å². The van der Waals surface area contributed by atoms with Crippen LogP contribution in [0.1, 0.15) is 25.8 Å². The lowest BCUT2D eigenvalue weighted by molar-refractivity contribution is -0.147. The van der Waals surface area contributed by atoms with Crippen LogP contribution in [0, 0.1) is 17.2 Å². The number of rotatable bonds is 6. The van der Waals surface area contributed by atoms with Gasteiger partial charge in [0.2, 0.25) is 5.91 Å². The first kappa shape index (κ1) is 16.7. The number of carboxylic acids is 1. The molecule has 0 heterocycles. The molecule has 1 amide bonds. The van der Waals surface area contributed by atoms with Crippen LogP contribution in [0.5, 0.6) is 0 Å². The lowest BCUT2D eigenvalue weighted by atomic mass is 9.79. The first-order chi connectivity index (χ1) is 9.81. The molecule has 0 saturated carbocycles. The second-order valence-electron chi connectivity index (χ2n) is 5.48. The molecule has 1 aromatic carbocycles. The Morgan fingerprint density at radius 1 is 1.38 bits per heavy atom. The summed E-state index contributed by atoms with van der Waals surface area (Å²) >= 11 is 0. The van der Waals surface area contributed by atoms with Gasteiger partial charge in [0.25, 0.3) is 0 Å². The number of aliphatic carboxylic acids is 1. The van der Waals surface area contributed by atoms with Crippen LogP contribution in [0.3, 0.4) is 0 Å². The van der Waals surface area contributed by atoms with Gasteiger partial charge in [-0.05, 0) is 19.4 Å². The number of amides is 1. The van der Waals surface area contributed by atoms with Crippen LogP contribution in [0.15, 0.2) is 30.3 Å². The van der Waals surface area contributed by atoms with Gasteiger partial charge in [-0.15, -0.1) is 0 Å². The second kappa shape index (κ2) is 6.89. The fourth-order valence-electron chi connectivity index (χ4n) is 2.10. The third-order valence-corrected chi connectivity index (χ3v) is 3.58. The van der Waals surface area contributed by atoms with Crippen LogP contribution in [-0.4, -0.2) is 35.5 Å². The highest BCUT2D eigenvalue weighted by Crippen LogP contribution is 2.28. The molecular weight excluding hydrogens is 268 g/mol. The van der Waals surface area contributed by atoms with Crippen molar-refractivity contribution in [3.05, 3.63) is 35.9 Å². The summed E-state index contributed by atoms with van der Waals surface area (Å²) < 4.78 is 0. The Morgan fingerprint density at radius 3 is 2.43 bits per heavy atom. The third-order valence-electron chi connectivity index (χ3n) is 3.58. The molecule has 5 heteroatoms. The van der Waals surface area contributed by atoms with Gasteiger partial charge in [-0.25, -0.2) is 0 Å². The van der Waals surface area contributed by atoms with Gasteiger partial charge in [0.15, 0.2) is 0 Å². The molecule has 5 nitrogen and oxygen atoms in total. The van der Waals surface area contributed by atoms with Crippen molar-refractivity contribution in [3.63, 3.8) is 0 Å². The first-order valence-corrected chi connectivity index (χ1v) is 6.73. The molecule has 0 aromatic heterocycles. The van der Waals surface area contributed by atoms with E-state index in [1.54, 1.807) is 51.2 Å². The average Bonchev–Trinajstić information content (AvgIpc) is 2.47. The summed E-state index contributed by atoms with van der Waals surface area (Å²) in [7, 11) is 1.59. The molecule has 0 spiro atoms. The largest absolute Gasteiger partial charge is 0.481 e. The molecule has 112 valence electrons. The van der Waals surface area contributed by atoms with Crippen LogP contribution in [0.2, 0.25) is 0 Å². The Morgan fingerprint density at radius 2 is 1.95 bits per heavy atom. The van der Waals surface area contributed by atoms with E-state index < -0.39 is 11.4 Å². The van der Waals surface area contributed by atoms with Crippen molar-refractivity contribution in [1.29, 1.82) is 5.26 Å². The lowest BCUT2D eigenvalue weighted by Gasteiger charge is -2.28. The Kier molecular flexibility index (Phi) is 5.48. The van der Waals surface area contributed by atoms with Crippen LogP contribution in [-0.2, 0) is 15.0 Å². The molecule has 0 radical (unpaired) electrons. The molecule has 2 unspecified atom stereocenters. The summed E-state index contributed by atoms with van der Waals surface area (Å²) in [6.07, 6.45) is -0.138. The number of hydrogen-bond acceptors (Lipinski definition) is 3. The standard InChI is InChI=1S/C16H20N2O3/c1-12(10-17)11-18(3)14(19)9-16(2,15(20)21)13-7-5-4-6-8-13/h4-8,12H,9,11H2,1-3H3,(H,20,21). The second-order valence-corrected chi connectivity index (χ2v) is 5.48. The maximum atomic E-state index is 12.2. The highest BCUT2D eigenvalue weighted by Gasteiger charge is 2.38. The van der Waals surface area contributed by atoms with Crippen LogP contribution in [0.4, 0.5) is 0 Å². The van der Waals surface area contributed by atoms with Crippen LogP contribution >= 0.6 is 0 Å². The Hall–Kier alpha value is -2.35. The highest BCUT2D eigenvalue weighted by atomic mass is 16.4. The van der Waals surface area contributed by atoms with Crippen molar-refractivity contribution in [2.45, 2.75) is 25.7 Å². The SMILES string of the molecule is CC(C#N)CN(C)C(=O)CC(C)(C(=O)O)c1ccccc1. The maximum absolute atomic E-state index is 12.2. The third kappa shape index (κ3) is 4.06. The molecule has 1 N–H and O–H groups in total. The summed E-state index contributed by atoms with van der Waals surface area (Å²) in [6.45, 7) is 3.56. The van der Waals surface area contributed by atoms with Gasteiger partial charge in [-0.2, -0.15) is 5.26 Å². The van der Waals surface area contributed by atoms with Gasteiger partial charge in [0, 0.05) is 20.0 Å². The summed E-state index contributed by atoms with van der Waals surface area (Å²) in [6, 6.07) is 10.8. The zero-order valence-corrected chi connectivity index (χ0v) is 12.5. The van der Waals surface area contributed by atoms with Crippen molar-refractivity contribution < 1.29 is 14.7 Å². The molecule has 0 fully saturated rings. The minimum atomic E-state index is -1.28. The molecule has 2 atom stereocenters. The van der Waals surface area contributed by atoms with Crippen LogP contribution < -0.4 is 0 Å². The summed E-state index contributed by atoms with van der Waals surface area (Å²) in [5.41, 5.74) is -0.685. The van der Waals surface area contributed by atoms with Gasteiger partial charge in [-0.3, -0.25) is 9.59 Å². The topological polar surface area (TPSA) is 81.4 Å². The first-order valence-electron chi connectivity index (χ1n) is 6.73. The quantitative estimate of drug-likeness (QED) is 0.868. The van der Waals surface area contributed by atoms with Gasteiger partial charge in [0.1, 0.15) is 0 Å². The molecule has 21 heavy (non-hydrogen) atoms. The van der Waals surface area contributed by atoms with Crippen molar-refractivity contribution in [2.24, 2.45) is 5.92 Å². The minimum Gasteiger partial charge on any atom is -0.481 e. The molecule has 0 aliphatic carbocycles. The number of carboxylic acid groups (broad SMARTS) is 1. The summed E-state index contributed by atoms with van der Waals surface area (Å²) in [5, 5.41) is 18.3.